The Kier molecular flexibility index (Phi) is 5.32. The van der Waals surface area contributed by atoms with E-state index in [4.69, 9.17) is 5.73 Å². The Labute approximate surface area is 109 Å². The second-order valence-electron chi connectivity index (χ2n) is 5.92. The second kappa shape index (κ2) is 6.10. The highest BCUT2D eigenvalue weighted by atomic mass is 32.2. The molecule has 0 bridgehead atoms. The van der Waals surface area contributed by atoms with Crippen LogP contribution in [0.1, 0.15) is 40.5 Å². The van der Waals surface area contributed by atoms with Crippen LogP contribution >= 0.6 is 11.8 Å². The predicted molar refractivity (Wildman–Crippen MR) is 75.2 cm³/mol. The van der Waals surface area contributed by atoms with Crippen LogP contribution in [0.4, 0.5) is 0 Å². The molecule has 1 atom stereocenters. The molecule has 0 aromatic rings. The molecule has 1 aliphatic heterocycles. The number of rotatable bonds is 3. The summed E-state index contributed by atoms with van der Waals surface area (Å²) in [5.74, 6) is 1.64. The van der Waals surface area contributed by atoms with Crippen molar-refractivity contribution in [3.05, 3.63) is 0 Å². The molecule has 0 aliphatic carbocycles. The smallest absolute Gasteiger partial charge is 0.239 e. The first-order valence-electron chi connectivity index (χ1n) is 6.50. The Morgan fingerprint density at radius 1 is 1.41 bits per heavy atom. The molecule has 1 amide bonds. The first-order chi connectivity index (χ1) is 7.82. The van der Waals surface area contributed by atoms with Crippen LogP contribution in [0, 0.1) is 5.92 Å². The molecule has 0 spiro atoms. The molecule has 0 saturated carbocycles. The molecule has 1 rings (SSSR count). The van der Waals surface area contributed by atoms with Gasteiger partial charge in [0, 0.05) is 23.6 Å². The zero-order valence-corrected chi connectivity index (χ0v) is 12.3. The number of nitrogens with two attached hydrogens (primary N) is 1. The van der Waals surface area contributed by atoms with E-state index in [9.17, 15) is 4.79 Å². The molecule has 0 aromatic carbocycles. The minimum absolute atomic E-state index is 0.136. The highest BCUT2D eigenvalue weighted by Crippen LogP contribution is 2.30. The zero-order valence-electron chi connectivity index (χ0n) is 11.5. The fourth-order valence-corrected chi connectivity index (χ4v) is 3.18. The highest BCUT2D eigenvalue weighted by Gasteiger charge is 2.28. The summed E-state index contributed by atoms with van der Waals surface area (Å²) in [4.78, 5) is 14.1. The van der Waals surface area contributed by atoms with Crippen LogP contribution in [-0.2, 0) is 4.79 Å². The van der Waals surface area contributed by atoms with Gasteiger partial charge in [-0.1, -0.05) is 27.7 Å². The second-order valence-corrected chi connectivity index (χ2v) is 7.72. The molecular formula is C13H26N2OS. The molecule has 1 heterocycles. The molecule has 2 N–H and O–H groups in total. The molecule has 100 valence electrons. The molecule has 1 fully saturated rings. The molecule has 0 radical (unpaired) electrons. The van der Waals surface area contributed by atoms with Gasteiger partial charge in [-0.25, -0.2) is 0 Å². The number of carbonyl (C=O) groups excluding carboxylic acids is 1. The largest absolute Gasteiger partial charge is 0.340 e. The lowest BCUT2D eigenvalue weighted by Gasteiger charge is -2.25. The van der Waals surface area contributed by atoms with Gasteiger partial charge in [-0.2, -0.15) is 11.8 Å². The van der Waals surface area contributed by atoms with Gasteiger partial charge in [0.1, 0.15) is 0 Å². The van der Waals surface area contributed by atoms with Crippen molar-refractivity contribution in [3.8, 4) is 0 Å². The maximum Gasteiger partial charge on any atom is 0.239 e. The van der Waals surface area contributed by atoms with Crippen LogP contribution in [0.25, 0.3) is 0 Å². The summed E-state index contributed by atoms with van der Waals surface area (Å²) in [6.45, 7) is 10.4. The summed E-state index contributed by atoms with van der Waals surface area (Å²) in [6.07, 6.45) is 1.84. The van der Waals surface area contributed by atoms with Crippen LogP contribution in [0.15, 0.2) is 0 Å². The van der Waals surface area contributed by atoms with E-state index in [0.29, 0.717) is 5.92 Å². The number of nitrogens with zero attached hydrogens (tertiary/aromatic N) is 1. The summed E-state index contributed by atoms with van der Waals surface area (Å²) >= 11 is 1.95. The van der Waals surface area contributed by atoms with Crippen LogP contribution < -0.4 is 5.73 Å². The third-order valence-corrected chi connectivity index (χ3v) is 4.56. The molecule has 4 heteroatoms. The van der Waals surface area contributed by atoms with Gasteiger partial charge in [0.15, 0.2) is 0 Å². The number of hydrogen-bond donors (Lipinski definition) is 1. The topological polar surface area (TPSA) is 46.3 Å². The first-order valence-corrected chi connectivity index (χ1v) is 7.49. The van der Waals surface area contributed by atoms with Gasteiger partial charge >= 0.3 is 0 Å². The molecule has 17 heavy (non-hydrogen) atoms. The minimum Gasteiger partial charge on any atom is -0.340 e. The summed E-state index contributed by atoms with van der Waals surface area (Å²) in [7, 11) is 0. The predicted octanol–water partition coefficient (Wildman–Crippen LogP) is 2.10. The zero-order chi connectivity index (χ0) is 13.1. The van der Waals surface area contributed by atoms with E-state index in [1.807, 2.05) is 16.7 Å². The van der Waals surface area contributed by atoms with Gasteiger partial charge in [0.2, 0.25) is 5.91 Å². The lowest BCUT2D eigenvalue weighted by atomic mass is 10.0. The highest BCUT2D eigenvalue weighted by molar-refractivity contribution is 8.00. The Morgan fingerprint density at radius 3 is 2.65 bits per heavy atom. The lowest BCUT2D eigenvalue weighted by Crippen LogP contribution is -2.45. The van der Waals surface area contributed by atoms with Crippen molar-refractivity contribution >= 4 is 17.7 Å². The number of carbonyl (C=O) groups is 1. The fourth-order valence-electron chi connectivity index (χ4n) is 2.08. The van der Waals surface area contributed by atoms with Crippen LogP contribution in [0.2, 0.25) is 0 Å². The summed E-state index contributed by atoms with van der Waals surface area (Å²) in [5, 5.41) is 0. The van der Waals surface area contributed by atoms with Crippen molar-refractivity contribution in [1.82, 2.24) is 4.90 Å². The fraction of sp³-hybridized carbons (Fsp3) is 0.923. The quantitative estimate of drug-likeness (QED) is 0.843. The molecule has 1 saturated heterocycles. The average Bonchev–Trinajstić information content (AvgIpc) is 2.37. The molecule has 3 nitrogen and oxygen atoms in total. The SMILES string of the molecule is CC(C)CC(N)C(=O)N1CCSC(C)(C)CC1. The van der Waals surface area contributed by atoms with E-state index >= 15 is 0 Å². The van der Waals surface area contributed by atoms with E-state index in [-0.39, 0.29) is 16.7 Å². The van der Waals surface area contributed by atoms with Crippen molar-refractivity contribution in [2.45, 2.75) is 51.3 Å². The van der Waals surface area contributed by atoms with Crippen molar-refractivity contribution in [3.63, 3.8) is 0 Å². The Balaban J connectivity index is 2.52. The Bertz CT molecular complexity index is 266. The number of thioether (sulfide) groups is 1. The van der Waals surface area contributed by atoms with Gasteiger partial charge in [-0.05, 0) is 18.8 Å². The van der Waals surface area contributed by atoms with Crippen molar-refractivity contribution in [2.24, 2.45) is 11.7 Å². The van der Waals surface area contributed by atoms with Crippen LogP contribution in [-0.4, -0.2) is 40.4 Å². The average molecular weight is 258 g/mol. The third kappa shape index (κ3) is 4.88. The van der Waals surface area contributed by atoms with Gasteiger partial charge in [-0.15, -0.1) is 0 Å². The number of amides is 1. The van der Waals surface area contributed by atoms with E-state index in [2.05, 4.69) is 27.7 Å². The molecular weight excluding hydrogens is 232 g/mol. The summed E-state index contributed by atoms with van der Waals surface area (Å²) < 4.78 is 0.289. The van der Waals surface area contributed by atoms with Crippen molar-refractivity contribution < 1.29 is 4.79 Å². The maximum atomic E-state index is 12.2. The lowest BCUT2D eigenvalue weighted by molar-refractivity contribution is -0.132. The van der Waals surface area contributed by atoms with Crippen LogP contribution in [0.5, 0.6) is 0 Å². The van der Waals surface area contributed by atoms with Gasteiger partial charge in [0.05, 0.1) is 6.04 Å². The van der Waals surface area contributed by atoms with E-state index in [1.165, 1.54) is 0 Å². The monoisotopic (exact) mass is 258 g/mol. The van der Waals surface area contributed by atoms with Gasteiger partial charge in [0.25, 0.3) is 0 Å². The normalized spacial score (nSPS) is 22.4. The minimum atomic E-state index is -0.318. The summed E-state index contributed by atoms with van der Waals surface area (Å²) in [5.41, 5.74) is 5.97. The van der Waals surface area contributed by atoms with Crippen molar-refractivity contribution in [1.29, 1.82) is 0 Å². The van der Waals surface area contributed by atoms with E-state index < -0.39 is 0 Å². The molecule has 1 aliphatic rings. The summed E-state index contributed by atoms with van der Waals surface area (Å²) in [6, 6.07) is -0.318. The molecule has 1 unspecified atom stereocenters. The third-order valence-electron chi connectivity index (χ3n) is 3.19. The Hall–Kier alpha value is -0.220. The van der Waals surface area contributed by atoms with E-state index in [1.54, 1.807) is 0 Å². The van der Waals surface area contributed by atoms with Gasteiger partial charge in [-0.3, -0.25) is 4.79 Å². The Morgan fingerprint density at radius 2 is 2.06 bits per heavy atom. The van der Waals surface area contributed by atoms with E-state index in [0.717, 1.165) is 31.7 Å². The first kappa shape index (κ1) is 14.8. The molecule has 0 aromatic heterocycles. The maximum absolute atomic E-state index is 12.2. The standard InChI is InChI=1S/C13H26N2OS/c1-10(2)9-11(14)12(16)15-6-5-13(3,4)17-8-7-15/h10-11H,5-9,14H2,1-4H3. The van der Waals surface area contributed by atoms with Crippen LogP contribution in [0.3, 0.4) is 0 Å². The van der Waals surface area contributed by atoms with Crippen molar-refractivity contribution in [2.75, 3.05) is 18.8 Å². The number of hydrogen-bond acceptors (Lipinski definition) is 3. The van der Waals surface area contributed by atoms with Gasteiger partial charge < -0.3 is 10.6 Å².